The lowest BCUT2D eigenvalue weighted by molar-refractivity contribution is 1.04. The Hall–Kier alpha value is -16.2. The SMILES string of the molecule is c1ccc(-c2ccc(-n3c4ccccc4c4cc(-c5ccc6c(c5)c5ccccc5n6-c5ccc(-n6c(-c7cnccn7)nc7ccccc76)cc5)ccc43)cc2)cc1.c1ccc(-c2ccc(-n3c4ccccc4c4cc(-c5ccc6c(c5)c5ccccc5n6-c5ccc(-n6c(-c7ncccn7)nc7ccccc76)cc5)ccc43)cc2)cc1. The average Bonchev–Trinajstić information content (AvgIpc) is 1.27. The molecule has 12 heteroatoms. The van der Waals surface area contributed by atoms with Crippen molar-refractivity contribution in [3.8, 4) is 102 Å². The average molecular weight is 1510 g/mol. The molecule has 16 aromatic carbocycles. The summed E-state index contributed by atoms with van der Waals surface area (Å²) in [6.45, 7) is 0. The van der Waals surface area contributed by atoms with Gasteiger partial charge in [-0.15, -0.1) is 0 Å². The van der Waals surface area contributed by atoms with Crippen LogP contribution in [-0.2, 0) is 0 Å². The van der Waals surface area contributed by atoms with Crippen molar-refractivity contribution in [2.45, 2.75) is 0 Å². The lowest BCUT2D eigenvalue weighted by Gasteiger charge is -2.12. The predicted octanol–water partition coefficient (Wildman–Crippen LogP) is 26.0. The number of benzene rings is 16. The van der Waals surface area contributed by atoms with Crippen molar-refractivity contribution < 1.29 is 0 Å². The molecule has 8 aromatic heterocycles. The monoisotopic (exact) mass is 1510 g/mol. The van der Waals surface area contributed by atoms with Crippen LogP contribution in [0.3, 0.4) is 0 Å². The first-order chi connectivity index (χ1) is 58.5. The topological polar surface area (TPSA) is 107 Å². The van der Waals surface area contributed by atoms with E-state index in [1.54, 1.807) is 31.0 Å². The molecule has 8 heterocycles. The van der Waals surface area contributed by atoms with Gasteiger partial charge in [-0.25, -0.2) is 24.9 Å². The summed E-state index contributed by atoms with van der Waals surface area (Å²) < 4.78 is 13.8. The minimum Gasteiger partial charge on any atom is -0.309 e. The maximum absolute atomic E-state index is 4.96. The van der Waals surface area contributed by atoms with Gasteiger partial charge in [0.15, 0.2) is 17.5 Å². The number of nitrogens with zero attached hydrogens (tertiary/aromatic N) is 12. The third-order valence-corrected chi connectivity index (χ3v) is 23.2. The Morgan fingerprint density at radius 2 is 0.458 bits per heavy atom. The van der Waals surface area contributed by atoms with Gasteiger partial charge >= 0.3 is 0 Å². The molecule has 0 atom stereocenters. The molecular weight excluding hydrogens is 1440 g/mol. The summed E-state index contributed by atoms with van der Waals surface area (Å²) in [6, 6.07) is 137. The Balaban J connectivity index is 0.000000138. The molecule has 0 aliphatic heterocycles. The van der Waals surface area contributed by atoms with Gasteiger partial charge in [0.25, 0.3) is 0 Å². The van der Waals surface area contributed by atoms with E-state index < -0.39 is 0 Å². The summed E-state index contributed by atoms with van der Waals surface area (Å²) in [5.74, 6) is 2.06. The van der Waals surface area contributed by atoms with Crippen molar-refractivity contribution in [2.24, 2.45) is 0 Å². The number of hydrogen-bond acceptors (Lipinski definition) is 6. The Kier molecular flexibility index (Phi) is 16.0. The molecule has 0 amide bonds. The van der Waals surface area contributed by atoms with E-state index in [-0.39, 0.29) is 0 Å². The lowest BCUT2D eigenvalue weighted by atomic mass is 10.0. The molecule has 552 valence electrons. The van der Waals surface area contributed by atoms with Crippen LogP contribution >= 0.6 is 0 Å². The van der Waals surface area contributed by atoms with Crippen molar-refractivity contribution in [1.82, 2.24) is 57.3 Å². The van der Waals surface area contributed by atoms with Gasteiger partial charge in [0, 0.05) is 102 Å². The van der Waals surface area contributed by atoms with Crippen molar-refractivity contribution in [2.75, 3.05) is 0 Å². The van der Waals surface area contributed by atoms with Crippen LogP contribution in [0, 0.1) is 0 Å². The third-order valence-electron chi connectivity index (χ3n) is 23.2. The number of para-hydroxylation sites is 8. The first-order valence-corrected chi connectivity index (χ1v) is 39.7. The van der Waals surface area contributed by atoms with Crippen LogP contribution in [0.1, 0.15) is 0 Å². The molecule has 0 bridgehead atoms. The maximum Gasteiger partial charge on any atom is 0.196 e. The van der Waals surface area contributed by atoms with Crippen LogP contribution in [0.25, 0.3) is 211 Å². The molecule has 0 fully saturated rings. The van der Waals surface area contributed by atoms with Crippen LogP contribution in [0.4, 0.5) is 0 Å². The van der Waals surface area contributed by atoms with Gasteiger partial charge in [-0.05, 0) is 220 Å². The molecule has 12 nitrogen and oxygen atoms in total. The highest BCUT2D eigenvalue weighted by molar-refractivity contribution is 6.15. The summed E-state index contributed by atoms with van der Waals surface area (Å²) in [5.41, 5.74) is 30.1. The van der Waals surface area contributed by atoms with E-state index in [2.05, 4.69) is 387 Å². The number of aromatic nitrogens is 12. The van der Waals surface area contributed by atoms with Crippen LogP contribution in [0.5, 0.6) is 0 Å². The van der Waals surface area contributed by atoms with E-state index in [0.717, 1.165) is 89.8 Å². The van der Waals surface area contributed by atoms with E-state index in [0.29, 0.717) is 11.6 Å². The van der Waals surface area contributed by atoms with Crippen LogP contribution in [0.2, 0.25) is 0 Å². The van der Waals surface area contributed by atoms with Gasteiger partial charge in [-0.3, -0.25) is 14.1 Å². The number of imidazole rings is 2. The van der Waals surface area contributed by atoms with Crippen LogP contribution < -0.4 is 0 Å². The molecule has 0 saturated carbocycles. The first kappa shape index (κ1) is 67.5. The summed E-state index contributed by atoms with van der Waals surface area (Å²) >= 11 is 0. The summed E-state index contributed by atoms with van der Waals surface area (Å²) in [6.07, 6.45) is 8.67. The third kappa shape index (κ3) is 11.3. The van der Waals surface area contributed by atoms with Gasteiger partial charge in [-0.2, -0.15) is 0 Å². The van der Waals surface area contributed by atoms with E-state index in [4.69, 9.17) is 9.97 Å². The summed E-state index contributed by atoms with van der Waals surface area (Å²) in [4.78, 5) is 27.9. The Morgan fingerprint density at radius 1 is 0.178 bits per heavy atom. The number of fused-ring (bicyclic) bond motifs is 14. The van der Waals surface area contributed by atoms with E-state index >= 15 is 0 Å². The zero-order valence-electron chi connectivity index (χ0n) is 63.6. The van der Waals surface area contributed by atoms with E-state index in [1.807, 2.05) is 42.5 Å². The van der Waals surface area contributed by atoms with Crippen molar-refractivity contribution in [1.29, 1.82) is 0 Å². The number of hydrogen-bond donors (Lipinski definition) is 0. The van der Waals surface area contributed by atoms with Gasteiger partial charge in [0.1, 0.15) is 5.69 Å². The molecule has 24 aromatic rings. The Labute approximate surface area is 677 Å². The minimum absolute atomic E-state index is 0.588. The molecular formula is C106H68N12. The van der Waals surface area contributed by atoms with Gasteiger partial charge in [-0.1, -0.05) is 206 Å². The van der Waals surface area contributed by atoms with Crippen molar-refractivity contribution in [3.05, 3.63) is 413 Å². The van der Waals surface area contributed by atoms with Crippen LogP contribution in [-0.4, -0.2) is 57.3 Å². The second kappa shape index (κ2) is 27.9. The zero-order valence-corrected chi connectivity index (χ0v) is 63.6. The summed E-state index contributed by atoms with van der Waals surface area (Å²) in [7, 11) is 0. The Morgan fingerprint density at radius 3 is 0.814 bits per heavy atom. The maximum atomic E-state index is 4.96. The smallest absolute Gasteiger partial charge is 0.196 e. The molecule has 0 aliphatic rings. The van der Waals surface area contributed by atoms with E-state index in [1.165, 1.54) is 110 Å². The molecule has 0 saturated heterocycles. The molecule has 118 heavy (non-hydrogen) atoms. The quantitative estimate of drug-likeness (QED) is 0.121. The highest BCUT2D eigenvalue weighted by Gasteiger charge is 2.23. The number of rotatable bonds is 12. The molecule has 0 aliphatic carbocycles. The van der Waals surface area contributed by atoms with Crippen LogP contribution in [0.15, 0.2) is 413 Å². The van der Waals surface area contributed by atoms with Gasteiger partial charge in [0.2, 0.25) is 0 Å². The normalized spacial score (nSPS) is 11.7. The fourth-order valence-electron chi connectivity index (χ4n) is 17.8. The fraction of sp³-hybridized carbons (Fsp3) is 0. The largest absolute Gasteiger partial charge is 0.309 e. The molecule has 0 N–H and O–H groups in total. The Bertz CT molecular complexity index is 7520. The summed E-state index contributed by atoms with van der Waals surface area (Å²) in [5, 5.41) is 9.82. The lowest BCUT2D eigenvalue weighted by Crippen LogP contribution is -2.01. The highest BCUT2D eigenvalue weighted by atomic mass is 15.1. The fourth-order valence-corrected chi connectivity index (χ4v) is 17.8. The second-order valence-electron chi connectivity index (χ2n) is 29.9. The van der Waals surface area contributed by atoms with Crippen molar-refractivity contribution in [3.63, 3.8) is 0 Å². The first-order valence-electron chi connectivity index (χ1n) is 39.7. The predicted molar refractivity (Wildman–Crippen MR) is 483 cm³/mol. The van der Waals surface area contributed by atoms with Gasteiger partial charge in [0.05, 0.1) is 72.4 Å². The minimum atomic E-state index is 0.588. The van der Waals surface area contributed by atoms with Crippen molar-refractivity contribution >= 4 is 109 Å². The van der Waals surface area contributed by atoms with E-state index in [9.17, 15) is 0 Å². The molecule has 0 unspecified atom stereocenters. The van der Waals surface area contributed by atoms with Gasteiger partial charge < -0.3 is 18.3 Å². The molecule has 0 spiro atoms. The molecule has 0 radical (unpaired) electrons. The standard InChI is InChI=1S/2C53H34N6/c1-2-11-35(12-3-1)36-19-23-39(24-20-36)57-47-16-7-4-13-42(47)44-33-37(21-29-49(44)57)38-22-30-50-45(34-38)43-14-5-8-17-48(43)58(50)40-25-27-41(28-26-40)59-51-18-9-6-15-46(51)56-53(59)52-54-31-10-32-55-52;1-2-10-35(11-3-1)36-18-22-39(23-19-36)57-48-15-7-4-12-42(48)44-32-37(20-28-50(44)57)38-21-29-51-45(33-38)43-13-5-8-16-49(43)58(51)40-24-26-41(27-25-40)59-52-17-9-6-14-46(52)56-53(59)47-34-54-30-31-55-47/h2*1-34H. The second-order valence-corrected chi connectivity index (χ2v) is 29.9. The molecule has 24 rings (SSSR count). The highest BCUT2D eigenvalue weighted by Crippen LogP contribution is 2.43. The zero-order chi connectivity index (χ0) is 77.7.